The Balaban J connectivity index is 1.75. The van der Waals surface area contributed by atoms with Crippen LogP contribution in [-0.4, -0.2) is 37.8 Å². The number of rotatable bonds is 4. The van der Waals surface area contributed by atoms with Crippen LogP contribution in [0, 0.1) is 5.92 Å². The molecule has 1 aliphatic rings. The first-order valence-corrected chi connectivity index (χ1v) is 6.69. The number of piperidine rings is 1. The lowest BCUT2D eigenvalue weighted by atomic mass is 9.97. The summed E-state index contributed by atoms with van der Waals surface area (Å²) in [6.45, 7) is 6.93. The molecule has 0 N–H and O–H groups in total. The van der Waals surface area contributed by atoms with E-state index in [0.29, 0.717) is 0 Å². The van der Waals surface area contributed by atoms with Crippen molar-refractivity contribution in [2.75, 3.05) is 33.3 Å². The summed E-state index contributed by atoms with van der Waals surface area (Å²) < 4.78 is 6.96. The van der Waals surface area contributed by atoms with Crippen molar-refractivity contribution in [1.29, 1.82) is 0 Å². The van der Waals surface area contributed by atoms with Gasteiger partial charge in [0.25, 0.3) is 0 Å². The standard InChI is InChI=1S/C15H24NO/c1-14-8-10-16(2,11-9-14)12-13-17-15-6-4-3-5-7-15/h3-7,14H,8-13H2,1-2H3/q+1. The molecule has 1 fully saturated rings. The first-order chi connectivity index (χ1) is 8.18. The van der Waals surface area contributed by atoms with Gasteiger partial charge in [-0.25, -0.2) is 0 Å². The molecule has 1 aromatic rings. The number of likely N-dealkylation sites (N-methyl/N-ethyl adjacent to an activating group) is 1. The molecule has 0 aliphatic carbocycles. The van der Waals surface area contributed by atoms with Crippen LogP contribution in [0.5, 0.6) is 5.75 Å². The van der Waals surface area contributed by atoms with Crippen LogP contribution < -0.4 is 4.74 Å². The quantitative estimate of drug-likeness (QED) is 0.728. The molecule has 1 aromatic carbocycles. The van der Waals surface area contributed by atoms with Crippen LogP contribution in [0.15, 0.2) is 30.3 Å². The molecule has 0 radical (unpaired) electrons. The molecule has 2 heteroatoms. The van der Waals surface area contributed by atoms with Gasteiger partial charge >= 0.3 is 0 Å². The number of ether oxygens (including phenoxy) is 1. The van der Waals surface area contributed by atoms with Gasteiger partial charge in [0, 0.05) is 0 Å². The van der Waals surface area contributed by atoms with E-state index in [4.69, 9.17) is 4.74 Å². The lowest BCUT2D eigenvalue weighted by molar-refractivity contribution is -0.915. The molecule has 2 nitrogen and oxygen atoms in total. The predicted octanol–water partition coefficient (Wildman–Crippen LogP) is 2.94. The molecule has 1 aliphatic heterocycles. The second-order valence-corrected chi connectivity index (χ2v) is 5.63. The van der Waals surface area contributed by atoms with Gasteiger partial charge in [0.15, 0.2) is 0 Å². The van der Waals surface area contributed by atoms with E-state index >= 15 is 0 Å². The second-order valence-electron chi connectivity index (χ2n) is 5.63. The molecule has 17 heavy (non-hydrogen) atoms. The molecule has 1 heterocycles. The zero-order valence-electron chi connectivity index (χ0n) is 11.1. The molecule has 0 amide bonds. The van der Waals surface area contributed by atoms with E-state index in [1.807, 2.05) is 30.3 Å². The fourth-order valence-corrected chi connectivity index (χ4v) is 2.44. The van der Waals surface area contributed by atoms with Gasteiger partial charge < -0.3 is 9.22 Å². The van der Waals surface area contributed by atoms with Crippen molar-refractivity contribution in [2.45, 2.75) is 19.8 Å². The Bertz CT molecular complexity index is 328. The maximum absolute atomic E-state index is 5.79. The maximum atomic E-state index is 5.79. The Kier molecular flexibility index (Phi) is 4.06. The Hall–Kier alpha value is -1.02. The summed E-state index contributed by atoms with van der Waals surface area (Å²) >= 11 is 0. The largest absolute Gasteiger partial charge is 0.488 e. The van der Waals surface area contributed by atoms with Gasteiger partial charge in [-0.1, -0.05) is 25.1 Å². The lowest BCUT2D eigenvalue weighted by Crippen LogP contribution is -2.51. The number of likely N-dealkylation sites (tertiary alicyclic amines) is 1. The van der Waals surface area contributed by atoms with Crippen molar-refractivity contribution >= 4 is 0 Å². The third-order valence-electron chi connectivity index (χ3n) is 3.97. The molecule has 94 valence electrons. The molecule has 0 saturated carbocycles. The number of hydrogen-bond donors (Lipinski definition) is 0. The average molecular weight is 234 g/mol. The molecule has 0 bridgehead atoms. The van der Waals surface area contributed by atoms with Crippen LogP contribution in [0.1, 0.15) is 19.8 Å². The molecule has 1 saturated heterocycles. The summed E-state index contributed by atoms with van der Waals surface area (Å²) in [6, 6.07) is 10.1. The van der Waals surface area contributed by atoms with Crippen molar-refractivity contribution in [3.05, 3.63) is 30.3 Å². The number of nitrogens with zero attached hydrogens (tertiary/aromatic N) is 1. The molecule has 2 rings (SSSR count). The Morgan fingerprint density at radius 3 is 2.47 bits per heavy atom. The summed E-state index contributed by atoms with van der Waals surface area (Å²) in [7, 11) is 2.36. The molecular weight excluding hydrogens is 210 g/mol. The van der Waals surface area contributed by atoms with E-state index in [1.165, 1.54) is 30.4 Å². The maximum Gasteiger partial charge on any atom is 0.137 e. The lowest BCUT2D eigenvalue weighted by Gasteiger charge is -2.39. The summed E-state index contributed by atoms with van der Waals surface area (Å²) in [5.74, 6) is 1.90. The molecule has 0 spiro atoms. The Labute approximate surface area is 105 Å². The van der Waals surface area contributed by atoms with Crippen molar-refractivity contribution in [3.63, 3.8) is 0 Å². The number of benzene rings is 1. The summed E-state index contributed by atoms with van der Waals surface area (Å²) in [4.78, 5) is 0. The fraction of sp³-hybridized carbons (Fsp3) is 0.600. The van der Waals surface area contributed by atoms with Crippen LogP contribution in [0.2, 0.25) is 0 Å². The van der Waals surface area contributed by atoms with E-state index in [0.717, 1.165) is 24.8 Å². The van der Waals surface area contributed by atoms with Crippen LogP contribution in [0.25, 0.3) is 0 Å². The minimum Gasteiger partial charge on any atom is -0.488 e. The first-order valence-electron chi connectivity index (χ1n) is 6.69. The highest BCUT2D eigenvalue weighted by molar-refractivity contribution is 5.20. The zero-order valence-corrected chi connectivity index (χ0v) is 11.1. The highest BCUT2D eigenvalue weighted by Gasteiger charge is 2.27. The van der Waals surface area contributed by atoms with Gasteiger partial charge in [-0.15, -0.1) is 0 Å². The van der Waals surface area contributed by atoms with Crippen LogP contribution in [0.3, 0.4) is 0 Å². The van der Waals surface area contributed by atoms with E-state index in [2.05, 4.69) is 14.0 Å². The molecule has 0 atom stereocenters. The van der Waals surface area contributed by atoms with Crippen molar-refractivity contribution in [1.82, 2.24) is 0 Å². The van der Waals surface area contributed by atoms with E-state index in [-0.39, 0.29) is 0 Å². The number of quaternary nitrogens is 1. The summed E-state index contributed by atoms with van der Waals surface area (Å²) in [5.41, 5.74) is 0. The predicted molar refractivity (Wildman–Crippen MR) is 71.1 cm³/mol. The van der Waals surface area contributed by atoms with Crippen LogP contribution >= 0.6 is 0 Å². The minimum atomic E-state index is 0.828. The van der Waals surface area contributed by atoms with Gasteiger partial charge in [0.05, 0.1) is 20.1 Å². The monoisotopic (exact) mass is 234 g/mol. The third-order valence-corrected chi connectivity index (χ3v) is 3.97. The number of para-hydroxylation sites is 1. The van der Waals surface area contributed by atoms with Crippen LogP contribution in [0.4, 0.5) is 0 Å². The first kappa shape index (κ1) is 12.4. The zero-order chi connectivity index (χ0) is 12.1. The molecule has 0 unspecified atom stereocenters. The van der Waals surface area contributed by atoms with Gasteiger partial charge in [-0.3, -0.25) is 0 Å². The summed E-state index contributed by atoms with van der Waals surface area (Å²) in [5, 5.41) is 0. The average Bonchev–Trinajstić information content (AvgIpc) is 2.35. The minimum absolute atomic E-state index is 0.828. The van der Waals surface area contributed by atoms with Crippen LogP contribution in [-0.2, 0) is 0 Å². The third kappa shape index (κ3) is 3.74. The second kappa shape index (κ2) is 5.54. The van der Waals surface area contributed by atoms with Gasteiger partial charge in [0.1, 0.15) is 18.9 Å². The SMILES string of the molecule is CC1CC[N+](C)(CCOc2ccccc2)CC1. The van der Waals surface area contributed by atoms with E-state index in [9.17, 15) is 0 Å². The van der Waals surface area contributed by atoms with Crippen molar-refractivity contribution in [3.8, 4) is 5.75 Å². The highest BCUT2D eigenvalue weighted by atomic mass is 16.5. The number of hydrogen-bond acceptors (Lipinski definition) is 1. The van der Waals surface area contributed by atoms with E-state index < -0.39 is 0 Å². The molecule has 0 aromatic heterocycles. The fourth-order valence-electron chi connectivity index (χ4n) is 2.44. The topological polar surface area (TPSA) is 9.23 Å². The van der Waals surface area contributed by atoms with Crippen molar-refractivity contribution < 1.29 is 9.22 Å². The normalized spacial score (nSPS) is 28.9. The molecular formula is C15H24NO+. The highest BCUT2D eigenvalue weighted by Crippen LogP contribution is 2.21. The smallest absolute Gasteiger partial charge is 0.137 e. The van der Waals surface area contributed by atoms with Crippen molar-refractivity contribution in [2.24, 2.45) is 5.92 Å². The van der Waals surface area contributed by atoms with Gasteiger partial charge in [0.2, 0.25) is 0 Å². The Morgan fingerprint density at radius 1 is 1.18 bits per heavy atom. The van der Waals surface area contributed by atoms with Gasteiger partial charge in [-0.2, -0.15) is 0 Å². The Morgan fingerprint density at radius 2 is 1.82 bits per heavy atom. The summed E-state index contributed by atoms with van der Waals surface area (Å²) in [6.07, 6.45) is 2.73. The van der Waals surface area contributed by atoms with E-state index in [1.54, 1.807) is 0 Å². The van der Waals surface area contributed by atoms with Gasteiger partial charge in [-0.05, 0) is 30.9 Å².